The quantitative estimate of drug-likeness (QED) is 0.624. The lowest BCUT2D eigenvalue weighted by atomic mass is 9.49. The highest BCUT2D eigenvalue weighted by Crippen LogP contribution is 2.42. The Hall–Kier alpha value is -1.93. The third-order valence-corrected chi connectivity index (χ3v) is 6.51. The average Bonchev–Trinajstić information content (AvgIpc) is 3.01. The fraction of sp³-hybridized carbons (Fsp3) is 0.417. The predicted molar refractivity (Wildman–Crippen MR) is 122 cm³/mol. The minimum atomic E-state index is 0.501. The Morgan fingerprint density at radius 2 is 1.36 bits per heavy atom. The van der Waals surface area contributed by atoms with Crippen molar-refractivity contribution in [3.8, 4) is 5.75 Å². The number of benzene rings is 1. The number of methoxy groups -OCH3 is 1. The number of hydrogen-bond acceptors (Lipinski definition) is 2. The van der Waals surface area contributed by atoms with Crippen LogP contribution >= 0.6 is 0 Å². The van der Waals surface area contributed by atoms with Crippen LogP contribution in [0.15, 0.2) is 70.7 Å². The van der Waals surface area contributed by atoms with E-state index in [0.717, 1.165) is 24.9 Å². The lowest BCUT2D eigenvalue weighted by molar-refractivity contribution is 0.414. The van der Waals surface area contributed by atoms with Crippen LogP contribution in [0, 0.1) is 11.8 Å². The van der Waals surface area contributed by atoms with Gasteiger partial charge in [0.2, 0.25) is 13.7 Å². The molecule has 1 aromatic rings. The van der Waals surface area contributed by atoms with Gasteiger partial charge >= 0.3 is 0 Å². The summed E-state index contributed by atoms with van der Waals surface area (Å²) in [6.45, 7) is 11.2. The van der Waals surface area contributed by atoms with Gasteiger partial charge in [0.15, 0.2) is 0 Å². The lowest BCUT2D eigenvalue weighted by Gasteiger charge is -2.29. The average molecular weight is 371 g/mol. The number of hydrogen-bond donors (Lipinski definition) is 0. The first kappa shape index (κ1) is 19.4. The van der Waals surface area contributed by atoms with Gasteiger partial charge in [0.25, 0.3) is 0 Å². The van der Waals surface area contributed by atoms with E-state index in [-0.39, 0.29) is 0 Å². The Morgan fingerprint density at radius 1 is 0.857 bits per heavy atom. The summed E-state index contributed by atoms with van der Waals surface area (Å²) in [5.74, 6) is 2.11. The fourth-order valence-corrected chi connectivity index (χ4v) is 4.78. The summed E-state index contributed by atoms with van der Waals surface area (Å²) in [5, 5.41) is 0. The second-order valence-corrected chi connectivity index (χ2v) is 8.94. The van der Waals surface area contributed by atoms with Gasteiger partial charge in [-0.2, -0.15) is 0 Å². The molecule has 0 aliphatic carbocycles. The van der Waals surface area contributed by atoms with Crippen LogP contribution in [0.3, 0.4) is 0 Å². The topological polar surface area (TPSA) is 12.5 Å². The van der Waals surface area contributed by atoms with E-state index in [1.807, 2.05) is 0 Å². The van der Waals surface area contributed by atoms with Gasteiger partial charge in [-0.05, 0) is 42.2 Å². The van der Waals surface area contributed by atoms with Crippen LogP contribution in [0.5, 0.6) is 5.75 Å². The van der Waals surface area contributed by atoms with E-state index in [1.54, 1.807) is 18.1 Å². The second kappa shape index (κ2) is 7.83. The van der Waals surface area contributed by atoms with Crippen molar-refractivity contribution in [2.75, 3.05) is 7.11 Å². The molecule has 0 aromatic heterocycles. The SMILES string of the molecule is COc1ccc(CN2B3CC=C(C(C)C)C=C3C3=CC(C(C)C)=CCB32)cc1. The van der Waals surface area contributed by atoms with E-state index in [4.69, 9.17) is 4.74 Å². The zero-order valence-electron chi connectivity index (χ0n) is 17.9. The maximum atomic E-state index is 5.33. The molecule has 1 aromatic carbocycles. The van der Waals surface area contributed by atoms with Gasteiger partial charge in [-0.25, -0.2) is 0 Å². The molecule has 0 radical (unpaired) electrons. The minimum absolute atomic E-state index is 0.501. The van der Waals surface area contributed by atoms with Crippen molar-refractivity contribution in [3.05, 3.63) is 76.2 Å². The molecule has 2 nitrogen and oxygen atoms in total. The molecule has 28 heavy (non-hydrogen) atoms. The van der Waals surface area contributed by atoms with Crippen molar-refractivity contribution < 1.29 is 4.74 Å². The number of ether oxygens (including phenoxy) is 1. The molecular weight excluding hydrogens is 340 g/mol. The molecule has 0 N–H and O–H groups in total. The molecule has 3 aliphatic rings. The van der Waals surface area contributed by atoms with Crippen LogP contribution in [0.4, 0.5) is 0 Å². The molecule has 1 saturated heterocycles. The third-order valence-electron chi connectivity index (χ3n) is 6.51. The first-order chi connectivity index (χ1) is 13.5. The molecule has 3 heterocycles. The minimum Gasteiger partial charge on any atom is -0.497 e. The third kappa shape index (κ3) is 3.55. The Morgan fingerprint density at radius 3 is 1.79 bits per heavy atom. The zero-order valence-corrected chi connectivity index (χ0v) is 17.9. The highest BCUT2D eigenvalue weighted by atomic mass is 16.5. The van der Waals surface area contributed by atoms with Crippen LogP contribution in [0.1, 0.15) is 33.3 Å². The summed E-state index contributed by atoms with van der Waals surface area (Å²) in [6, 6.07) is 8.57. The van der Waals surface area contributed by atoms with Gasteiger partial charge in [-0.15, -0.1) is 0 Å². The summed E-state index contributed by atoms with van der Waals surface area (Å²) < 4.78 is 8.05. The summed E-state index contributed by atoms with van der Waals surface area (Å²) in [5.41, 5.74) is 7.49. The van der Waals surface area contributed by atoms with E-state index in [9.17, 15) is 0 Å². The van der Waals surface area contributed by atoms with Crippen LogP contribution < -0.4 is 4.74 Å². The molecule has 0 bridgehead atoms. The smallest absolute Gasteiger partial charge is 0.250 e. The fourth-order valence-electron chi connectivity index (χ4n) is 4.78. The molecule has 0 saturated carbocycles. The van der Waals surface area contributed by atoms with Gasteiger partial charge in [0.05, 0.1) is 7.11 Å². The zero-order chi connectivity index (χ0) is 19.8. The molecule has 0 unspecified atom stereocenters. The molecular formula is C24H31B2NO. The first-order valence-electron chi connectivity index (χ1n) is 10.7. The maximum Gasteiger partial charge on any atom is 0.250 e. The van der Waals surface area contributed by atoms with Crippen molar-refractivity contribution in [2.24, 2.45) is 11.8 Å². The maximum absolute atomic E-state index is 5.33. The summed E-state index contributed by atoms with van der Waals surface area (Å²) >= 11 is 0. The normalized spacial score (nSPS) is 19.2. The molecule has 144 valence electrons. The van der Waals surface area contributed by atoms with Gasteiger partial charge in [-0.3, -0.25) is 0 Å². The Kier molecular flexibility index (Phi) is 5.42. The first-order valence-corrected chi connectivity index (χ1v) is 10.7. The second-order valence-electron chi connectivity index (χ2n) is 8.94. The summed E-state index contributed by atoms with van der Waals surface area (Å²) in [7, 11) is 1.73. The van der Waals surface area contributed by atoms with Crippen molar-refractivity contribution in [1.29, 1.82) is 0 Å². The van der Waals surface area contributed by atoms with Crippen LogP contribution in [0.25, 0.3) is 0 Å². The van der Waals surface area contributed by atoms with Crippen LogP contribution in [-0.2, 0) is 6.54 Å². The lowest BCUT2D eigenvalue weighted by Crippen LogP contribution is -2.42. The monoisotopic (exact) mass is 371 g/mol. The largest absolute Gasteiger partial charge is 0.497 e. The molecule has 0 amide bonds. The van der Waals surface area contributed by atoms with Crippen molar-refractivity contribution in [3.63, 3.8) is 0 Å². The van der Waals surface area contributed by atoms with E-state index >= 15 is 0 Å². The van der Waals surface area contributed by atoms with E-state index < -0.39 is 0 Å². The molecule has 3 aliphatic heterocycles. The Labute approximate surface area is 171 Å². The van der Waals surface area contributed by atoms with E-state index in [2.05, 4.69) is 81.0 Å². The standard InChI is InChI=1S/C24H31B2NO/c1-17(2)20-10-12-25-23(14-20)24-15-21(18(3)4)11-13-26(24)27(25)16-19-6-8-22(28-5)9-7-19/h6-11,14-15,17-18H,12-13,16H2,1-5H3. The Balaban J connectivity index is 1.67. The summed E-state index contributed by atoms with van der Waals surface area (Å²) in [6.07, 6.45) is 12.2. The highest BCUT2D eigenvalue weighted by molar-refractivity contribution is 6.89. The predicted octanol–water partition coefficient (Wildman–Crippen LogP) is 5.62. The highest BCUT2D eigenvalue weighted by Gasteiger charge is 2.46. The molecule has 4 rings (SSSR count). The Bertz CT molecular complexity index is 813. The number of rotatable bonds is 5. The van der Waals surface area contributed by atoms with Gasteiger partial charge in [0, 0.05) is 6.54 Å². The van der Waals surface area contributed by atoms with E-state index in [1.165, 1.54) is 16.7 Å². The number of fused-ring (bicyclic) bond motifs is 3. The summed E-state index contributed by atoms with van der Waals surface area (Å²) in [4.78, 5) is 0. The molecule has 0 atom stereocenters. The van der Waals surface area contributed by atoms with Crippen molar-refractivity contribution in [2.45, 2.75) is 46.9 Å². The number of nitrogens with zero attached hydrogens (tertiary/aromatic N) is 1. The molecule has 0 spiro atoms. The van der Waals surface area contributed by atoms with Gasteiger partial charge in [-0.1, -0.05) is 86.2 Å². The molecule has 1 fully saturated rings. The van der Waals surface area contributed by atoms with Gasteiger partial charge in [0.1, 0.15) is 5.75 Å². The van der Waals surface area contributed by atoms with Crippen molar-refractivity contribution in [1.82, 2.24) is 4.72 Å². The van der Waals surface area contributed by atoms with Crippen LogP contribution in [-0.4, -0.2) is 25.5 Å². The van der Waals surface area contributed by atoms with Gasteiger partial charge < -0.3 is 9.46 Å². The van der Waals surface area contributed by atoms with Crippen LogP contribution in [0.2, 0.25) is 12.6 Å². The molecule has 4 heteroatoms. The van der Waals surface area contributed by atoms with Crippen molar-refractivity contribution >= 4 is 13.7 Å². The van der Waals surface area contributed by atoms with E-state index in [0.29, 0.717) is 25.5 Å². The number of allylic oxidation sites excluding steroid dienone is 8.